The van der Waals surface area contributed by atoms with Crippen molar-refractivity contribution in [2.75, 3.05) is 5.73 Å². The Kier molecular flexibility index (Phi) is 4.61. The second-order valence-electron chi connectivity index (χ2n) is 6.49. The van der Waals surface area contributed by atoms with E-state index in [0.717, 1.165) is 22.2 Å². The maximum absolute atomic E-state index is 13.4. The van der Waals surface area contributed by atoms with Crippen LogP contribution >= 0.6 is 0 Å². The fourth-order valence-corrected chi connectivity index (χ4v) is 3.19. The quantitative estimate of drug-likeness (QED) is 0.282. The number of halogens is 1. The molecule has 7 nitrogen and oxygen atoms in total. The summed E-state index contributed by atoms with van der Waals surface area (Å²) in [5.41, 5.74) is 12.5. The molecule has 29 heavy (non-hydrogen) atoms. The molecule has 144 valence electrons. The number of nitrogen functional groups attached to an aromatic ring is 2. The first-order valence-corrected chi connectivity index (χ1v) is 8.77. The van der Waals surface area contributed by atoms with Gasteiger partial charge in [-0.15, -0.1) is 0 Å². The highest BCUT2D eigenvalue weighted by atomic mass is 19.1. The van der Waals surface area contributed by atoms with E-state index in [9.17, 15) is 9.18 Å². The first kappa shape index (κ1) is 18.5. The van der Waals surface area contributed by atoms with Crippen LogP contribution in [0.5, 0.6) is 0 Å². The van der Waals surface area contributed by atoms with Crippen molar-refractivity contribution in [1.29, 1.82) is 0 Å². The number of amides is 1. The molecule has 0 spiro atoms. The van der Waals surface area contributed by atoms with Crippen LogP contribution in [-0.4, -0.2) is 20.9 Å². The molecule has 2 aromatic carbocycles. The van der Waals surface area contributed by atoms with Gasteiger partial charge < -0.3 is 5.73 Å². The molecular weight excluding hydrogens is 371 g/mol. The van der Waals surface area contributed by atoms with Gasteiger partial charge in [-0.1, -0.05) is 6.07 Å². The average Bonchev–Trinajstić information content (AvgIpc) is 2.74. The normalized spacial score (nSPS) is 10.9. The third-order valence-corrected chi connectivity index (χ3v) is 4.69. The standard InChI is InChI=1S/C21H17FN6O/c1-11-15-8-13(4-7-18(15)26-10-25-11)16-9-17(21(29)28-24)20(23)27-19(16)12-2-5-14(22)6-3-12/h2-10H,24H2,1H3,(H2,23,27)(H,28,29). The number of nitrogens with zero attached hydrogens (tertiary/aromatic N) is 3. The number of fused-ring (bicyclic) bond motifs is 1. The van der Waals surface area contributed by atoms with E-state index in [4.69, 9.17) is 11.6 Å². The molecule has 2 aromatic heterocycles. The van der Waals surface area contributed by atoms with Crippen LogP contribution in [0.1, 0.15) is 16.1 Å². The van der Waals surface area contributed by atoms with Crippen molar-refractivity contribution in [3.63, 3.8) is 0 Å². The molecule has 0 atom stereocenters. The number of benzene rings is 2. The molecule has 0 saturated carbocycles. The zero-order valence-electron chi connectivity index (χ0n) is 15.5. The number of rotatable bonds is 3. The van der Waals surface area contributed by atoms with E-state index in [2.05, 4.69) is 20.4 Å². The van der Waals surface area contributed by atoms with Crippen molar-refractivity contribution in [3.8, 4) is 22.4 Å². The summed E-state index contributed by atoms with van der Waals surface area (Å²) in [6, 6.07) is 13.2. The second-order valence-corrected chi connectivity index (χ2v) is 6.49. The van der Waals surface area contributed by atoms with Gasteiger partial charge in [0.15, 0.2) is 0 Å². The van der Waals surface area contributed by atoms with Crippen LogP contribution in [0.3, 0.4) is 0 Å². The Morgan fingerprint density at radius 3 is 2.48 bits per heavy atom. The fourth-order valence-electron chi connectivity index (χ4n) is 3.19. The summed E-state index contributed by atoms with van der Waals surface area (Å²) < 4.78 is 13.4. The van der Waals surface area contributed by atoms with Crippen LogP contribution in [-0.2, 0) is 0 Å². The highest BCUT2D eigenvalue weighted by Gasteiger charge is 2.18. The Labute approximate surface area is 165 Å². The summed E-state index contributed by atoms with van der Waals surface area (Å²) in [4.78, 5) is 25.1. The molecule has 1 amide bonds. The Hall–Kier alpha value is -3.91. The van der Waals surface area contributed by atoms with Gasteiger partial charge >= 0.3 is 0 Å². The molecule has 0 fully saturated rings. The number of nitrogens with two attached hydrogens (primary N) is 2. The molecular formula is C21H17FN6O. The van der Waals surface area contributed by atoms with Gasteiger partial charge in [0.1, 0.15) is 18.0 Å². The first-order valence-electron chi connectivity index (χ1n) is 8.77. The van der Waals surface area contributed by atoms with Gasteiger partial charge in [-0.2, -0.15) is 0 Å². The van der Waals surface area contributed by atoms with Crippen molar-refractivity contribution in [2.45, 2.75) is 6.92 Å². The van der Waals surface area contributed by atoms with Crippen molar-refractivity contribution < 1.29 is 9.18 Å². The smallest absolute Gasteiger partial charge is 0.268 e. The molecule has 4 rings (SSSR count). The lowest BCUT2D eigenvalue weighted by molar-refractivity contribution is 0.0954. The number of pyridine rings is 1. The summed E-state index contributed by atoms with van der Waals surface area (Å²) in [5, 5.41) is 0.872. The van der Waals surface area contributed by atoms with Gasteiger partial charge in [0.2, 0.25) is 0 Å². The van der Waals surface area contributed by atoms with Gasteiger partial charge in [0.05, 0.1) is 16.8 Å². The van der Waals surface area contributed by atoms with Crippen LogP contribution < -0.4 is 17.0 Å². The predicted octanol–water partition coefficient (Wildman–Crippen LogP) is 2.99. The molecule has 5 N–H and O–H groups in total. The highest BCUT2D eigenvalue weighted by molar-refractivity contribution is 6.01. The van der Waals surface area contributed by atoms with E-state index >= 15 is 0 Å². The molecule has 0 aliphatic carbocycles. The number of anilines is 1. The van der Waals surface area contributed by atoms with Crippen LogP contribution in [0.15, 0.2) is 54.9 Å². The summed E-state index contributed by atoms with van der Waals surface area (Å²) in [5.74, 6) is 4.39. The van der Waals surface area contributed by atoms with Crippen LogP contribution in [0, 0.1) is 12.7 Å². The number of carbonyl (C=O) groups is 1. The van der Waals surface area contributed by atoms with E-state index in [-0.39, 0.29) is 17.2 Å². The predicted molar refractivity (Wildman–Crippen MR) is 109 cm³/mol. The summed E-state index contributed by atoms with van der Waals surface area (Å²) >= 11 is 0. The topological polar surface area (TPSA) is 120 Å². The van der Waals surface area contributed by atoms with Crippen molar-refractivity contribution in [3.05, 3.63) is 71.9 Å². The second kappa shape index (κ2) is 7.25. The maximum atomic E-state index is 13.4. The summed E-state index contributed by atoms with van der Waals surface area (Å²) in [7, 11) is 0. The molecule has 8 heteroatoms. The minimum absolute atomic E-state index is 0.0244. The van der Waals surface area contributed by atoms with E-state index in [0.29, 0.717) is 16.8 Å². The summed E-state index contributed by atoms with van der Waals surface area (Å²) in [6.07, 6.45) is 1.51. The van der Waals surface area contributed by atoms with Crippen molar-refractivity contribution in [1.82, 2.24) is 20.4 Å². The van der Waals surface area contributed by atoms with E-state index < -0.39 is 5.91 Å². The SMILES string of the molecule is Cc1ncnc2ccc(-c3cc(C(=O)NN)c(N)nc3-c3ccc(F)cc3)cc12. The van der Waals surface area contributed by atoms with Gasteiger partial charge in [-0.3, -0.25) is 10.2 Å². The zero-order valence-corrected chi connectivity index (χ0v) is 15.5. The lowest BCUT2D eigenvalue weighted by Crippen LogP contribution is -2.31. The van der Waals surface area contributed by atoms with Gasteiger partial charge in [0.25, 0.3) is 5.91 Å². The average molecular weight is 388 g/mol. The minimum Gasteiger partial charge on any atom is -0.383 e. The lowest BCUT2D eigenvalue weighted by Gasteiger charge is -2.14. The molecule has 0 unspecified atom stereocenters. The zero-order chi connectivity index (χ0) is 20.5. The van der Waals surface area contributed by atoms with Crippen molar-refractivity contribution in [2.24, 2.45) is 5.84 Å². The molecule has 2 heterocycles. The van der Waals surface area contributed by atoms with E-state index in [1.807, 2.05) is 25.1 Å². The molecule has 4 aromatic rings. The van der Waals surface area contributed by atoms with E-state index in [1.54, 1.807) is 18.2 Å². The molecule has 0 bridgehead atoms. The van der Waals surface area contributed by atoms with Crippen LogP contribution in [0.25, 0.3) is 33.3 Å². The Bertz CT molecular complexity index is 1240. The number of hydrogen-bond donors (Lipinski definition) is 3. The fraction of sp³-hybridized carbons (Fsp3) is 0.0476. The maximum Gasteiger partial charge on any atom is 0.268 e. The molecule has 0 radical (unpaired) electrons. The number of nitrogens with one attached hydrogen (secondary N) is 1. The molecule has 0 aliphatic rings. The Balaban J connectivity index is 2.00. The third-order valence-electron chi connectivity index (χ3n) is 4.69. The lowest BCUT2D eigenvalue weighted by atomic mass is 9.96. The molecule has 0 saturated heterocycles. The minimum atomic E-state index is -0.554. The van der Waals surface area contributed by atoms with Gasteiger partial charge in [0, 0.05) is 22.2 Å². The Morgan fingerprint density at radius 1 is 1.03 bits per heavy atom. The number of hydrogen-bond acceptors (Lipinski definition) is 6. The van der Waals surface area contributed by atoms with E-state index in [1.165, 1.54) is 18.5 Å². The third kappa shape index (κ3) is 3.37. The Morgan fingerprint density at radius 2 is 1.76 bits per heavy atom. The number of carbonyl (C=O) groups excluding carboxylic acids is 1. The largest absolute Gasteiger partial charge is 0.383 e. The molecule has 0 aliphatic heterocycles. The van der Waals surface area contributed by atoms with Gasteiger partial charge in [-0.05, 0) is 55.0 Å². The van der Waals surface area contributed by atoms with Crippen LogP contribution in [0.4, 0.5) is 10.2 Å². The van der Waals surface area contributed by atoms with Crippen molar-refractivity contribution >= 4 is 22.6 Å². The monoisotopic (exact) mass is 388 g/mol. The number of aryl methyl sites for hydroxylation is 1. The number of hydrazine groups is 1. The van der Waals surface area contributed by atoms with Gasteiger partial charge in [-0.25, -0.2) is 25.2 Å². The highest BCUT2D eigenvalue weighted by Crippen LogP contribution is 2.34. The number of aromatic nitrogens is 3. The van der Waals surface area contributed by atoms with Crippen LogP contribution in [0.2, 0.25) is 0 Å². The first-order chi connectivity index (χ1) is 14.0. The summed E-state index contributed by atoms with van der Waals surface area (Å²) in [6.45, 7) is 1.89.